The van der Waals surface area contributed by atoms with E-state index in [2.05, 4.69) is 10.3 Å². The summed E-state index contributed by atoms with van der Waals surface area (Å²) in [5, 5.41) is 2.65. The van der Waals surface area contributed by atoms with Crippen LogP contribution in [0, 0.1) is 5.95 Å². The van der Waals surface area contributed by atoms with Crippen molar-refractivity contribution in [3.63, 3.8) is 0 Å². The van der Waals surface area contributed by atoms with E-state index < -0.39 is 5.95 Å². The van der Waals surface area contributed by atoms with Crippen LogP contribution in [0.2, 0.25) is 0 Å². The Balaban J connectivity index is 2.87. The van der Waals surface area contributed by atoms with Crippen LogP contribution in [0.3, 0.4) is 0 Å². The van der Waals surface area contributed by atoms with Gasteiger partial charge in [0.15, 0.2) is 5.78 Å². The second kappa shape index (κ2) is 3.92. The van der Waals surface area contributed by atoms with Gasteiger partial charge >= 0.3 is 0 Å². The zero-order valence-electron chi connectivity index (χ0n) is 6.67. The molecule has 0 radical (unpaired) electrons. The molecule has 1 aromatic rings. The number of ketones is 1. The number of aromatic nitrogens is 1. The summed E-state index contributed by atoms with van der Waals surface area (Å²) in [5.41, 5.74) is 0.0341. The third-order valence-corrected chi connectivity index (χ3v) is 1.40. The van der Waals surface area contributed by atoms with Crippen LogP contribution in [0.25, 0.3) is 0 Å². The van der Waals surface area contributed by atoms with Crippen molar-refractivity contribution in [2.75, 3.05) is 13.6 Å². The summed E-state index contributed by atoms with van der Waals surface area (Å²) in [5.74, 6) is -0.999. The van der Waals surface area contributed by atoms with E-state index in [1.165, 1.54) is 18.3 Å². The standard InChI is InChI=1S/C8H9FN2O/c1-10-5-7(12)6-3-2-4-11-8(6)9/h2-4,10H,5H2,1H3. The fourth-order valence-corrected chi connectivity index (χ4v) is 0.850. The molecular formula is C8H9FN2O. The van der Waals surface area contributed by atoms with Crippen LogP contribution in [0.1, 0.15) is 10.4 Å². The molecule has 0 aromatic carbocycles. The van der Waals surface area contributed by atoms with Gasteiger partial charge in [-0.05, 0) is 19.2 Å². The molecular weight excluding hydrogens is 159 g/mol. The topological polar surface area (TPSA) is 42.0 Å². The smallest absolute Gasteiger partial charge is 0.223 e. The Labute approximate surface area is 69.6 Å². The number of carbonyl (C=O) groups excluding carboxylic acids is 1. The summed E-state index contributed by atoms with van der Waals surface area (Å²) >= 11 is 0. The Morgan fingerprint density at radius 2 is 2.50 bits per heavy atom. The van der Waals surface area contributed by atoms with E-state index in [-0.39, 0.29) is 17.9 Å². The fourth-order valence-electron chi connectivity index (χ4n) is 0.850. The molecule has 0 unspecified atom stereocenters. The first kappa shape index (κ1) is 8.80. The van der Waals surface area contributed by atoms with E-state index >= 15 is 0 Å². The number of halogens is 1. The minimum absolute atomic E-state index is 0.0341. The molecule has 0 aliphatic heterocycles. The lowest BCUT2D eigenvalue weighted by atomic mass is 10.2. The monoisotopic (exact) mass is 168 g/mol. The molecule has 0 spiro atoms. The Kier molecular flexibility index (Phi) is 2.88. The van der Waals surface area contributed by atoms with E-state index in [1.54, 1.807) is 7.05 Å². The highest BCUT2D eigenvalue weighted by atomic mass is 19.1. The van der Waals surface area contributed by atoms with Crippen LogP contribution in [-0.4, -0.2) is 24.4 Å². The Morgan fingerprint density at radius 3 is 3.08 bits per heavy atom. The zero-order valence-corrected chi connectivity index (χ0v) is 6.67. The van der Waals surface area contributed by atoms with Crippen molar-refractivity contribution in [1.82, 2.24) is 10.3 Å². The molecule has 0 saturated carbocycles. The molecule has 0 bridgehead atoms. The van der Waals surface area contributed by atoms with Crippen molar-refractivity contribution < 1.29 is 9.18 Å². The molecule has 0 aliphatic rings. The van der Waals surface area contributed by atoms with Gasteiger partial charge < -0.3 is 5.32 Å². The van der Waals surface area contributed by atoms with Crippen LogP contribution in [0.4, 0.5) is 4.39 Å². The summed E-state index contributed by atoms with van der Waals surface area (Å²) in [6, 6.07) is 2.95. The minimum atomic E-state index is -0.710. The van der Waals surface area contributed by atoms with Gasteiger partial charge in [0.25, 0.3) is 0 Å². The van der Waals surface area contributed by atoms with Crippen molar-refractivity contribution in [1.29, 1.82) is 0 Å². The van der Waals surface area contributed by atoms with Gasteiger partial charge in [-0.3, -0.25) is 4.79 Å². The molecule has 64 valence electrons. The average molecular weight is 168 g/mol. The summed E-state index contributed by atoms with van der Waals surface area (Å²) in [7, 11) is 1.63. The van der Waals surface area contributed by atoms with E-state index in [9.17, 15) is 9.18 Å². The predicted octanol–water partition coefficient (Wildman–Crippen LogP) is 0.623. The first-order valence-corrected chi connectivity index (χ1v) is 3.54. The number of hydrogen-bond acceptors (Lipinski definition) is 3. The third-order valence-electron chi connectivity index (χ3n) is 1.40. The Hall–Kier alpha value is -1.29. The Morgan fingerprint density at radius 1 is 1.75 bits per heavy atom. The predicted molar refractivity (Wildman–Crippen MR) is 42.5 cm³/mol. The number of rotatable bonds is 3. The molecule has 1 N–H and O–H groups in total. The van der Waals surface area contributed by atoms with Crippen LogP contribution >= 0.6 is 0 Å². The first-order chi connectivity index (χ1) is 5.75. The fraction of sp³-hybridized carbons (Fsp3) is 0.250. The van der Waals surface area contributed by atoms with Crippen molar-refractivity contribution in [3.05, 3.63) is 29.8 Å². The maximum Gasteiger partial charge on any atom is 0.223 e. The van der Waals surface area contributed by atoms with Crippen molar-refractivity contribution >= 4 is 5.78 Å². The van der Waals surface area contributed by atoms with Gasteiger partial charge in [0.1, 0.15) is 0 Å². The summed E-state index contributed by atoms with van der Waals surface area (Å²) in [4.78, 5) is 14.5. The maximum atomic E-state index is 12.8. The molecule has 1 heterocycles. The van der Waals surface area contributed by atoms with Gasteiger partial charge in [0.05, 0.1) is 12.1 Å². The van der Waals surface area contributed by atoms with Gasteiger partial charge in [-0.15, -0.1) is 0 Å². The molecule has 1 rings (SSSR count). The number of hydrogen-bond donors (Lipinski definition) is 1. The third kappa shape index (κ3) is 1.85. The van der Waals surface area contributed by atoms with Gasteiger partial charge in [0.2, 0.25) is 5.95 Å². The summed E-state index contributed by atoms with van der Waals surface area (Å²) in [6.45, 7) is 0.128. The lowest BCUT2D eigenvalue weighted by molar-refractivity contribution is 0.0989. The second-order valence-corrected chi connectivity index (χ2v) is 2.30. The highest BCUT2D eigenvalue weighted by Gasteiger charge is 2.09. The normalized spacial score (nSPS) is 9.83. The number of carbonyl (C=O) groups is 1. The largest absolute Gasteiger partial charge is 0.313 e. The van der Waals surface area contributed by atoms with Gasteiger partial charge in [0, 0.05) is 6.20 Å². The molecule has 0 atom stereocenters. The molecule has 0 amide bonds. The molecule has 0 saturated heterocycles. The van der Waals surface area contributed by atoms with E-state index in [4.69, 9.17) is 0 Å². The molecule has 0 aliphatic carbocycles. The van der Waals surface area contributed by atoms with Crippen LogP contribution in [0.5, 0.6) is 0 Å². The number of Topliss-reactive ketones (excluding diaryl/α,β-unsaturated/α-hetero) is 1. The molecule has 4 heteroatoms. The van der Waals surface area contributed by atoms with Gasteiger partial charge in [-0.2, -0.15) is 4.39 Å². The Bertz CT molecular complexity index is 288. The average Bonchev–Trinajstić information content (AvgIpc) is 2.05. The van der Waals surface area contributed by atoms with Crippen LogP contribution in [0.15, 0.2) is 18.3 Å². The molecule has 3 nitrogen and oxygen atoms in total. The number of likely N-dealkylation sites (N-methyl/N-ethyl adjacent to an activating group) is 1. The van der Waals surface area contributed by atoms with Crippen molar-refractivity contribution in [3.8, 4) is 0 Å². The number of nitrogens with one attached hydrogen (secondary N) is 1. The minimum Gasteiger partial charge on any atom is -0.313 e. The van der Waals surface area contributed by atoms with E-state index in [0.29, 0.717) is 0 Å². The van der Waals surface area contributed by atoms with Crippen molar-refractivity contribution in [2.45, 2.75) is 0 Å². The lowest BCUT2D eigenvalue weighted by Gasteiger charge is -1.99. The number of pyridine rings is 1. The summed E-state index contributed by atoms with van der Waals surface area (Å²) < 4.78 is 12.8. The highest BCUT2D eigenvalue weighted by Crippen LogP contribution is 2.02. The molecule has 1 aromatic heterocycles. The van der Waals surface area contributed by atoms with Crippen LogP contribution in [-0.2, 0) is 0 Å². The first-order valence-electron chi connectivity index (χ1n) is 3.54. The zero-order chi connectivity index (χ0) is 8.97. The second-order valence-electron chi connectivity index (χ2n) is 2.30. The molecule has 0 fully saturated rings. The van der Waals surface area contributed by atoms with Gasteiger partial charge in [-0.25, -0.2) is 4.98 Å². The van der Waals surface area contributed by atoms with Gasteiger partial charge in [-0.1, -0.05) is 0 Å². The summed E-state index contributed by atoms with van der Waals surface area (Å²) in [6.07, 6.45) is 1.31. The quantitative estimate of drug-likeness (QED) is 0.531. The highest BCUT2D eigenvalue weighted by molar-refractivity contribution is 5.97. The number of nitrogens with zero attached hydrogens (tertiary/aromatic N) is 1. The van der Waals surface area contributed by atoms with Crippen molar-refractivity contribution in [2.24, 2.45) is 0 Å². The lowest BCUT2D eigenvalue weighted by Crippen LogP contribution is -2.19. The molecule has 12 heavy (non-hydrogen) atoms. The van der Waals surface area contributed by atoms with Crippen LogP contribution < -0.4 is 5.32 Å². The SMILES string of the molecule is CNCC(=O)c1cccnc1F. The van der Waals surface area contributed by atoms with E-state index in [1.807, 2.05) is 0 Å². The maximum absolute atomic E-state index is 12.8. The van der Waals surface area contributed by atoms with E-state index in [0.717, 1.165) is 0 Å².